The van der Waals surface area contributed by atoms with Gasteiger partial charge < -0.3 is 30.6 Å². The minimum Gasteiger partial charge on any atom is -0.480 e. The fourth-order valence-electron chi connectivity index (χ4n) is 6.71. The van der Waals surface area contributed by atoms with Crippen molar-refractivity contribution in [2.75, 3.05) is 13.1 Å². The van der Waals surface area contributed by atoms with E-state index in [1.165, 1.54) is 9.80 Å². The van der Waals surface area contributed by atoms with Crippen LogP contribution >= 0.6 is 0 Å². The lowest BCUT2D eigenvalue weighted by molar-refractivity contribution is -0.149. The van der Waals surface area contributed by atoms with Crippen LogP contribution < -0.4 is 10.6 Å². The molecule has 2 aliphatic heterocycles. The topological polar surface area (TPSA) is 173 Å². The SMILES string of the molecule is O=C(CCCCCCCC(=O)N[C@@H](Cc1ccccc1)C(=O)N1CCC[C@@H]1C(=O)O)N[C@@H](Cc1ccccc1)C(=O)N1CCC[C@@H]1C(=O)O. The van der Waals surface area contributed by atoms with Crippen molar-refractivity contribution < 1.29 is 39.0 Å². The van der Waals surface area contributed by atoms with E-state index in [2.05, 4.69) is 10.6 Å². The highest BCUT2D eigenvalue weighted by Gasteiger charge is 2.39. The molecule has 0 unspecified atom stereocenters. The van der Waals surface area contributed by atoms with E-state index in [9.17, 15) is 39.0 Å². The molecule has 0 radical (unpaired) electrons. The number of aliphatic carboxylic acids is 2. The average Bonchev–Trinajstić information content (AvgIpc) is 3.79. The normalized spacial score (nSPS) is 18.4. The average molecular weight is 677 g/mol. The molecule has 0 aliphatic carbocycles. The number of likely N-dealkylation sites (tertiary alicyclic amines) is 2. The maximum atomic E-state index is 13.4. The van der Waals surface area contributed by atoms with E-state index >= 15 is 0 Å². The number of hydrogen-bond acceptors (Lipinski definition) is 6. The second kappa shape index (κ2) is 18.7. The molecule has 12 heteroatoms. The zero-order valence-corrected chi connectivity index (χ0v) is 27.9. The minimum absolute atomic E-state index is 0.221. The number of carbonyl (C=O) groups is 6. The van der Waals surface area contributed by atoms with Crippen molar-refractivity contribution in [1.29, 1.82) is 0 Å². The third kappa shape index (κ3) is 11.2. The molecule has 4 atom stereocenters. The minimum atomic E-state index is -1.04. The first kappa shape index (κ1) is 37.1. The Morgan fingerprint density at radius 1 is 0.592 bits per heavy atom. The second-order valence-corrected chi connectivity index (χ2v) is 12.9. The monoisotopic (exact) mass is 676 g/mol. The van der Waals surface area contributed by atoms with E-state index in [-0.39, 0.29) is 49.3 Å². The fraction of sp³-hybridized carbons (Fsp3) is 0.514. The molecule has 0 saturated carbocycles. The maximum Gasteiger partial charge on any atom is 0.326 e. The van der Waals surface area contributed by atoms with E-state index in [0.29, 0.717) is 51.6 Å². The molecule has 2 saturated heterocycles. The summed E-state index contributed by atoms with van der Waals surface area (Å²) in [6.07, 6.45) is 6.47. The van der Waals surface area contributed by atoms with Crippen LogP contribution in [-0.4, -0.2) is 92.8 Å². The number of carbonyl (C=O) groups excluding carboxylic acids is 4. The van der Waals surface area contributed by atoms with E-state index in [1.54, 1.807) is 0 Å². The van der Waals surface area contributed by atoms with Gasteiger partial charge in [-0.25, -0.2) is 9.59 Å². The third-order valence-electron chi connectivity index (χ3n) is 9.28. The van der Waals surface area contributed by atoms with Crippen LogP contribution in [0.25, 0.3) is 0 Å². The molecule has 264 valence electrons. The van der Waals surface area contributed by atoms with Crippen LogP contribution in [0.5, 0.6) is 0 Å². The third-order valence-corrected chi connectivity index (χ3v) is 9.28. The van der Waals surface area contributed by atoms with Gasteiger partial charge in [0.25, 0.3) is 0 Å². The Hall–Kier alpha value is -4.74. The summed E-state index contributed by atoms with van der Waals surface area (Å²) < 4.78 is 0. The molecule has 0 bridgehead atoms. The molecule has 4 rings (SSSR count). The molecule has 0 spiro atoms. The Kier molecular flexibility index (Phi) is 14.2. The number of unbranched alkanes of at least 4 members (excludes halogenated alkanes) is 4. The number of amides is 4. The molecule has 4 amide bonds. The summed E-state index contributed by atoms with van der Waals surface area (Å²) in [5, 5.41) is 24.8. The van der Waals surface area contributed by atoms with Crippen LogP contribution in [0.4, 0.5) is 0 Å². The summed E-state index contributed by atoms with van der Waals surface area (Å²) in [4.78, 5) is 78.6. The lowest BCUT2D eigenvalue weighted by Crippen LogP contribution is -2.52. The molecule has 2 aromatic carbocycles. The first-order chi connectivity index (χ1) is 23.6. The van der Waals surface area contributed by atoms with Gasteiger partial charge in [0.05, 0.1) is 0 Å². The lowest BCUT2D eigenvalue weighted by Gasteiger charge is -2.27. The van der Waals surface area contributed by atoms with Crippen molar-refractivity contribution in [3.63, 3.8) is 0 Å². The molecule has 2 aliphatic rings. The van der Waals surface area contributed by atoms with Crippen molar-refractivity contribution >= 4 is 35.6 Å². The molecule has 0 aromatic heterocycles. The van der Waals surface area contributed by atoms with Gasteiger partial charge in [-0.15, -0.1) is 0 Å². The number of nitrogens with one attached hydrogen (secondary N) is 2. The number of nitrogens with zero attached hydrogens (tertiary/aromatic N) is 2. The van der Waals surface area contributed by atoms with Crippen molar-refractivity contribution in [3.05, 3.63) is 71.8 Å². The lowest BCUT2D eigenvalue weighted by atomic mass is 10.0. The van der Waals surface area contributed by atoms with Crippen molar-refractivity contribution in [3.8, 4) is 0 Å². The van der Waals surface area contributed by atoms with E-state index in [1.807, 2.05) is 60.7 Å². The summed E-state index contributed by atoms with van der Waals surface area (Å²) in [6.45, 7) is 0.700. The van der Waals surface area contributed by atoms with Crippen LogP contribution in [0.2, 0.25) is 0 Å². The van der Waals surface area contributed by atoms with Gasteiger partial charge in [-0.05, 0) is 49.7 Å². The van der Waals surface area contributed by atoms with E-state index in [0.717, 1.165) is 30.4 Å². The van der Waals surface area contributed by atoms with E-state index < -0.39 is 36.1 Å². The van der Waals surface area contributed by atoms with Gasteiger partial charge in [0.1, 0.15) is 24.2 Å². The van der Waals surface area contributed by atoms with Gasteiger partial charge in [-0.1, -0.05) is 79.9 Å². The molecule has 49 heavy (non-hydrogen) atoms. The Labute approximate surface area is 287 Å². The molecule has 2 fully saturated rings. The van der Waals surface area contributed by atoms with Crippen molar-refractivity contribution in [2.45, 2.75) is 108 Å². The van der Waals surface area contributed by atoms with Gasteiger partial charge in [-0.3, -0.25) is 19.2 Å². The van der Waals surface area contributed by atoms with Crippen molar-refractivity contribution in [2.24, 2.45) is 0 Å². The quantitative estimate of drug-likeness (QED) is 0.174. The van der Waals surface area contributed by atoms with Gasteiger partial charge in [0.15, 0.2) is 0 Å². The van der Waals surface area contributed by atoms with Crippen LogP contribution in [-0.2, 0) is 41.6 Å². The molecule has 2 heterocycles. The molecule has 12 nitrogen and oxygen atoms in total. The predicted octanol–water partition coefficient (Wildman–Crippen LogP) is 3.32. The maximum absolute atomic E-state index is 13.4. The van der Waals surface area contributed by atoms with Crippen LogP contribution in [0.3, 0.4) is 0 Å². The van der Waals surface area contributed by atoms with Crippen LogP contribution in [0, 0.1) is 0 Å². The first-order valence-corrected chi connectivity index (χ1v) is 17.4. The Bertz CT molecular complexity index is 1330. The summed E-state index contributed by atoms with van der Waals surface area (Å²) in [7, 11) is 0. The number of carboxylic acid groups (broad SMARTS) is 2. The van der Waals surface area contributed by atoms with Crippen LogP contribution in [0.15, 0.2) is 60.7 Å². The van der Waals surface area contributed by atoms with Crippen molar-refractivity contribution in [1.82, 2.24) is 20.4 Å². The Balaban J connectivity index is 1.20. The molecule has 4 N–H and O–H groups in total. The molecular formula is C37H48N4O8. The standard InChI is InChI=1S/C37H48N4O8/c42-32(38-28(24-26-14-6-4-7-15-26)34(44)40-22-12-18-30(40)36(46)47)20-10-2-1-3-11-21-33(43)39-29(25-27-16-8-5-9-17-27)35(45)41-23-13-19-31(41)37(48)49/h4-9,14-17,28-31H,1-3,10-13,18-25H2,(H,38,42)(H,39,43)(H,46,47)(H,48,49)/t28-,29-,30+,31+/m0/s1. The molecular weight excluding hydrogens is 628 g/mol. The van der Waals surface area contributed by atoms with Gasteiger partial charge in [0, 0.05) is 38.8 Å². The summed E-state index contributed by atoms with van der Waals surface area (Å²) >= 11 is 0. The highest BCUT2D eigenvalue weighted by molar-refractivity contribution is 5.92. The van der Waals surface area contributed by atoms with Gasteiger partial charge in [0.2, 0.25) is 23.6 Å². The predicted molar refractivity (Wildman–Crippen MR) is 181 cm³/mol. The van der Waals surface area contributed by atoms with Gasteiger partial charge >= 0.3 is 11.9 Å². The number of carboxylic acids is 2. The smallest absolute Gasteiger partial charge is 0.326 e. The highest BCUT2D eigenvalue weighted by atomic mass is 16.4. The highest BCUT2D eigenvalue weighted by Crippen LogP contribution is 2.21. The van der Waals surface area contributed by atoms with Crippen LogP contribution in [0.1, 0.15) is 81.8 Å². The number of rotatable bonds is 18. The zero-order valence-electron chi connectivity index (χ0n) is 27.9. The Morgan fingerprint density at radius 3 is 1.33 bits per heavy atom. The molecule has 2 aromatic rings. The number of hydrogen-bond donors (Lipinski definition) is 4. The first-order valence-electron chi connectivity index (χ1n) is 17.4. The van der Waals surface area contributed by atoms with E-state index in [4.69, 9.17) is 0 Å². The van der Waals surface area contributed by atoms with Gasteiger partial charge in [-0.2, -0.15) is 0 Å². The summed E-state index contributed by atoms with van der Waals surface area (Å²) in [6, 6.07) is 15.2. The summed E-state index contributed by atoms with van der Waals surface area (Å²) in [5.74, 6) is -3.37. The Morgan fingerprint density at radius 2 is 0.959 bits per heavy atom. The largest absolute Gasteiger partial charge is 0.480 e. The fourth-order valence-corrected chi connectivity index (χ4v) is 6.71. The summed E-state index contributed by atoms with van der Waals surface area (Å²) in [5.41, 5.74) is 1.74. The second-order valence-electron chi connectivity index (χ2n) is 12.9. The number of benzene rings is 2. The zero-order chi connectivity index (χ0) is 35.2.